The van der Waals surface area contributed by atoms with Gasteiger partial charge in [-0.15, -0.1) is 0 Å². The zero-order valence-electron chi connectivity index (χ0n) is 15.8. The van der Waals surface area contributed by atoms with Crippen molar-refractivity contribution in [2.24, 2.45) is 0 Å². The van der Waals surface area contributed by atoms with Gasteiger partial charge in [0, 0.05) is 24.1 Å². The Labute approximate surface area is 163 Å². The van der Waals surface area contributed by atoms with Crippen LogP contribution in [0.25, 0.3) is 0 Å². The van der Waals surface area contributed by atoms with Gasteiger partial charge in [-0.2, -0.15) is 0 Å². The van der Waals surface area contributed by atoms with Gasteiger partial charge in [-0.3, -0.25) is 10.1 Å². The monoisotopic (exact) mass is 388 g/mol. The molecule has 1 aromatic heterocycles. The van der Waals surface area contributed by atoms with Crippen molar-refractivity contribution in [2.45, 2.75) is 32.1 Å². The number of hydrogen-bond acceptors (Lipinski definition) is 7. The van der Waals surface area contributed by atoms with Crippen LogP contribution in [0.2, 0.25) is 0 Å². The third-order valence-corrected chi connectivity index (χ3v) is 4.07. The average molecular weight is 388 g/mol. The molecule has 2 aromatic rings. The summed E-state index contributed by atoms with van der Waals surface area (Å²) < 4.78 is 10.6. The van der Waals surface area contributed by atoms with Crippen LogP contribution < -0.4 is 11.1 Å². The first-order valence-electron chi connectivity index (χ1n) is 8.72. The van der Waals surface area contributed by atoms with Gasteiger partial charge in [0.2, 0.25) is 6.54 Å². The Hall–Kier alpha value is -3.20. The van der Waals surface area contributed by atoms with Gasteiger partial charge in [-0.25, -0.2) is 9.78 Å². The van der Waals surface area contributed by atoms with Gasteiger partial charge < -0.3 is 20.5 Å². The van der Waals surface area contributed by atoms with E-state index >= 15 is 0 Å². The number of methoxy groups -OCH3 is 1. The number of nitrogens with two attached hydrogens (primary N) is 1. The number of benzene rings is 1. The van der Waals surface area contributed by atoms with Crippen LogP contribution in [0.1, 0.15) is 16.8 Å². The lowest BCUT2D eigenvalue weighted by Crippen LogP contribution is -2.49. The SMILES string of the molecule is CO[C@@H](Cc1cc(C)cc(N)n1)[C@@H](C[N+](=O)[O-])NC(=O)OCc1ccccc1. The average Bonchev–Trinajstić information content (AvgIpc) is 2.63. The molecule has 0 unspecified atom stereocenters. The third kappa shape index (κ3) is 6.84. The topological polar surface area (TPSA) is 130 Å². The largest absolute Gasteiger partial charge is 0.445 e. The molecule has 1 amide bonds. The lowest BCUT2D eigenvalue weighted by molar-refractivity contribution is -0.485. The van der Waals surface area contributed by atoms with Gasteiger partial charge in [0.05, 0.1) is 6.10 Å². The maximum atomic E-state index is 12.1. The number of carbonyl (C=O) groups is 1. The van der Waals surface area contributed by atoms with Crippen LogP contribution in [0.4, 0.5) is 10.6 Å². The van der Waals surface area contributed by atoms with E-state index in [-0.39, 0.29) is 13.0 Å². The zero-order chi connectivity index (χ0) is 20.5. The number of amides is 1. The molecule has 28 heavy (non-hydrogen) atoms. The van der Waals surface area contributed by atoms with E-state index in [9.17, 15) is 14.9 Å². The van der Waals surface area contributed by atoms with E-state index in [4.69, 9.17) is 15.2 Å². The van der Waals surface area contributed by atoms with E-state index < -0.39 is 29.7 Å². The molecular formula is C19H24N4O5. The van der Waals surface area contributed by atoms with Crippen LogP contribution in [-0.4, -0.2) is 41.8 Å². The molecule has 0 saturated carbocycles. The molecule has 0 radical (unpaired) electrons. The fourth-order valence-electron chi connectivity index (χ4n) is 2.80. The Kier molecular flexibility index (Phi) is 7.70. The van der Waals surface area contributed by atoms with Crippen LogP contribution in [0, 0.1) is 17.0 Å². The number of nitro groups is 1. The maximum absolute atomic E-state index is 12.1. The molecule has 150 valence electrons. The van der Waals surface area contributed by atoms with E-state index in [1.807, 2.05) is 43.3 Å². The number of rotatable bonds is 9. The molecule has 9 nitrogen and oxygen atoms in total. The highest BCUT2D eigenvalue weighted by Gasteiger charge is 2.29. The molecule has 0 aliphatic rings. The highest BCUT2D eigenvalue weighted by atomic mass is 16.6. The molecule has 0 saturated heterocycles. The summed E-state index contributed by atoms with van der Waals surface area (Å²) in [5, 5.41) is 13.6. The van der Waals surface area contributed by atoms with E-state index in [1.165, 1.54) is 7.11 Å². The smallest absolute Gasteiger partial charge is 0.408 e. The number of hydrogen-bond donors (Lipinski definition) is 2. The molecule has 2 atom stereocenters. The first-order chi connectivity index (χ1) is 13.4. The number of nitrogens with one attached hydrogen (secondary N) is 1. The van der Waals surface area contributed by atoms with Crippen molar-refractivity contribution < 1.29 is 19.2 Å². The number of ether oxygens (including phenoxy) is 2. The Bertz CT molecular complexity index is 780. The quantitative estimate of drug-likeness (QED) is 0.497. The van der Waals surface area contributed by atoms with Crippen molar-refractivity contribution in [3.63, 3.8) is 0 Å². The Balaban J connectivity index is 2.04. The minimum Gasteiger partial charge on any atom is -0.445 e. The fraction of sp³-hybridized carbons (Fsp3) is 0.368. The van der Waals surface area contributed by atoms with E-state index in [0.29, 0.717) is 11.5 Å². The summed E-state index contributed by atoms with van der Waals surface area (Å²) in [6.07, 6.45) is -1.18. The van der Waals surface area contributed by atoms with Crippen LogP contribution in [0.5, 0.6) is 0 Å². The third-order valence-electron chi connectivity index (χ3n) is 4.07. The van der Waals surface area contributed by atoms with Gasteiger partial charge in [-0.05, 0) is 30.2 Å². The molecule has 0 aliphatic heterocycles. The summed E-state index contributed by atoms with van der Waals surface area (Å²) in [5.41, 5.74) is 8.11. The minimum atomic E-state index is -0.896. The molecule has 0 fully saturated rings. The Morgan fingerprint density at radius 3 is 2.64 bits per heavy atom. The van der Waals surface area contributed by atoms with E-state index in [1.54, 1.807) is 6.07 Å². The number of carbonyl (C=O) groups excluding carboxylic acids is 1. The molecule has 1 heterocycles. The number of aromatic nitrogens is 1. The van der Waals surface area contributed by atoms with Crippen LogP contribution in [0.3, 0.4) is 0 Å². The maximum Gasteiger partial charge on any atom is 0.408 e. The predicted molar refractivity (Wildman–Crippen MR) is 103 cm³/mol. The van der Waals surface area contributed by atoms with Crippen LogP contribution in [-0.2, 0) is 22.5 Å². The summed E-state index contributed by atoms with van der Waals surface area (Å²) in [7, 11) is 1.42. The first kappa shape index (κ1) is 21.1. The fourth-order valence-corrected chi connectivity index (χ4v) is 2.80. The molecule has 3 N–H and O–H groups in total. The summed E-state index contributed by atoms with van der Waals surface area (Å²) >= 11 is 0. The number of nitrogens with zero attached hydrogens (tertiary/aromatic N) is 2. The molecule has 0 bridgehead atoms. The molecular weight excluding hydrogens is 364 g/mol. The molecule has 2 rings (SSSR count). The van der Waals surface area contributed by atoms with Crippen molar-refractivity contribution in [3.8, 4) is 0 Å². The summed E-state index contributed by atoms with van der Waals surface area (Å²) in [6, 6.07) is 11.8. The molecule has 0 spiro atoms. The van der Waals surface area contributed by atoms with Gasteiger partial charge in [0.15, 0.2) is 0 Å². The summed E-state index contributed by atoms with van der Waals surface area (Å²) in [4.78, 5) is 26.9. The van der Waals surface area contributed by atoms with Crippen LogP contribution in [0.15, 0.2) is 42.5 Å². The number of nitrogen functional groups attached to an aromatic ring is 1. The second kappa shape index (κ2) is 10.2. The highest BCUT2D eigenvalue weighted by molar-refractivity contribution is 5.67. The number of anilines is 1. The number of aryl methyl sites for hydroxylation is 1. The van der Waals surface area contributed by atoms with Gasteiger partial charge in [-0.1, -0.05) is 30.3 Å². The van der Waals surface area contributed by atoms with Crippen molar-refractivity contribution in [3.05, 3.63) is 69.4 Å². The van der Waals surface area contributed by atoms with Crippen LogP contribution >= 0.6 is 0 Å². The van der Waals surface area contributed by atoms with E-state index in [0.717, 1.165) is 11.1 Å². The zero-order valence-corrected chi connectivity index (χ0v) is 15.8. The second-order valence-corrected chi connectivity index (χ2v) is 6.37. The lowest BCUT2D eigenvalue weighted by atomic mass is 10.0. The Morgan fingerprint density at radius 2 is 2.04 bits per heavy atom. The van der Waals surface area contributed by atoms with Gasteiger partial charge >= 0.3 is 6.09 Å². The standard InChI is InChI=1S/C19H24N4O5/c1-13-8-15(21-18(20)9-13)10-17(27-2)16(11-23(25)26)22-19(24)28-12-14-6-4-3-5-7-14/h3-9,16-17H,10-12H2,1-2H3,(H2,20,21)(H,22,24)/t16-,17+/m1/s1. The van der Waals surface area contributed by atoms with Gasteiger partial charge in [0.1, 0.15) is 18.5 Å². The first-order valence-corrected chi connectivity index (χ1v) is 8.72. The Morgan fingerprint density at radius 1 is 1.32 bits per heavy atom. The molecule has 0 aliphatic carbocycles. The lowest BCUT2D eigenvalue weighted by Gasteiger charge is -2.24. The number of pyridine rings is 1. The van der Waals surface area contributed by atoms with E-state index in [2.05, 4.69) is 10.3 Å². The normalized spacial score (nSPS) is 12.8. The van der Waals surface area contributed by atoms with Crippen molar-refractivity contribution in [1.29, 1.82) is 0 Å². The highest BCUT2D eigenvalue weighted by Crippen LogP contribution is 2.13. The molecule has 9 heteroatoms. The predicted octanol–water partition coefficient (Wildman–Crippen LogP) is 2.10. The second-order valence-electron chi connectivity index (χ2n) is 6.37. The van der Waals surface area contributed by atoms with Crippen molar-refractivity contribution in [1.82, 2.24) is 10.3 Å². The van der Waals surface area contributed by atoms with Crippen molar-refractivity contribution >= 4 is 11.9 Å². The molecule has 1 aromatic carbocycles. The van der Waals surface area contributed by atoms with Gasteiger partial charge in [0.25, 0.3) is 0 Å². The summed E-state index contributed by atoms with van der Waals surface area (Å²) in [5.74, 6) is 0.353. The number of alkyl carbamates (subject to hydrolysis) is 1. The summed E-state index contributed by atoms with van der Waals surface area (Å²) in [6.45, 7) is 1.42. The minimum absolute atomic E-state index is 0.0610. The van der Waals surface area contributed by atoms with Crippen molar-refractivity contribution in [2.75, 3.05) is 19.4 Å².